The van der Waals surface area contributed by atoms with Gasteiger partial charge in [-0.25, -0.2) is 4.79 Å². The highest BCUT2D eigenvalue weighted by Gasteiger charge is 2.17. The predicted octanol–water partition coefficient (Wildman–Crippen LogP) is 3.81. The lowest BCUT2D eigenvalue weighted by Crippen LogP contribution is -2.35. The van der Waals surface area contributed by atoms with Gasteiger partial charge in [-0.15, -0.1) is 0 Å². The van der Waals surface area contributed by atoms with Crippen molar-refractivity contribution in [3.63, 3.8) is 0 Å². The second-order valence-corrected chi connectivity index (χ2v) is 6.19. The highest BCUT2D eigenvalue weighted by molar-refractivity contribution is 9.10. The van der Waals surface area contributed by atoms with Crippen LogP contribution in [-0.2, 0) is 4.74 Å². The van der Waals surface area contributed by atoms with Crippen LogP contribution in [0.4, 0.5) is 4.79 Å². The van der Waals surface area contributed by atoms with Crippen LogP contribution in [0.25, 0.3) is 0 Å². The summed E-state index contributed by atoms with van der Waals surface area (Å²) in [4.78, 5) is 23.3. The molecule has 0 aliphatic rings. The second-order valence-electron chi connectivity index (χ2n) is 4.90. The van der Waals surface area contributed by atoms with Crippen LogP contribution in [0.3, 0.4) is 0 Å². The standard InChI is InChI=1S/C13H15BrClNO3/c1-13(2,3)19-12(18)16-7-11(17)9-5-4-8(15)6-10(9)14/h4-6H,7H2,1-3H3,(H,16,18). The molecule has 104 valence electrons. The molecule has 0 spiro atoms. The van der Waals surface area contributed by atoms with E-state index in [1.54, 1.807) is 39.0 Å². The Labute approximate surface area is 125 Å². The summed E-state index contributed by atoms with van der Waals surface area (Å²) in [5.41, 5.74) is -0.131. The van der Waals surface area contributed by atoms with Crippen molar-refractivity contribution in [3.8, 4) is 0 Å². The molecule has 0 saturated carbocycles. The first-order chi connectivity index (χ1) is 8.69. The number of carbonyl (C=O) groups excluding carboxylic acids is 2. The number of amides is 1. The number of ketones is 1. The van der Waals surface area contributed by atoms with Crippen LogP contribution in [0.2, 0.25) is 5.02 Å². The zero-order valence-corrected chi connectivity index (χ0v) is 13.3. The summed E-state index contributed by atoms with van der Waals surface area (Å²) < 4.78 is 5.63. The number of hydrogen-bond donors (Lipinski definition) is 1. The molecule has 0 radical (unpaired) electrons. The number of rotatable bonds is 3. The molecule has 0 atom stereocenters. The van der Waals surface area contributed by atoms with Gasteiger partial charge in [0, 0.05) is 15.1 Å². The zero-order chi connectivity index (χ0) is 14.6. The summed E-state index contributed by atoms with van der Waals surface area (Å²) in [5.74, 6) is -0.227. The first-order valence-electron chi connectivity index (χ1n) is 5.64. The predicted molar refractivity (Wildman–Crippen MR) is 77.7 cm³/mol. The Balaban J connectivity index is 2.59. The average molecular weight is 349 g/mol. The third-order valence-corrected chi connectivity index (χ3v) is 2.91. The third kappa shape index (κ3) is 5.61. The fourth-order valence-corrected chi connectivity index (χ4v) is 2.18. The van der Waals surface area contributed by atoms with Gasteiger partial charge in [-0.2, -0.15) is 0 Å². The van der Waals surface area contributed by atoms with Crippen LogP contribution in [-0.4, -0.2) is 24.0 Å². The van der Waals surface area contributed by atoms with Crippen LogP contribution >= 0.6 is 27.5 Å². The number of nitrogens with one attached hydrogen (secondary N) is 1. The lowest BCUT2D eigenvalue weighted by molar-refractivity contribution is 0.0520. The molecule has 1 rings (SSSR count). The normalized spacial score (nSPS) is 11.0. The van der Waals surface area contributed by atoms with Crippen LogP contribution in [0, 0.1) is 0 Å². The number of carbonyl (C=O) groups is 2. The molecule has 6 heteroatoms. The van der Waals surface area contributed by atoms with E-state index in [0.717, 1.165) is 0 Å². The average Bonchev–Trinajstić information content (AvgIpc) is 2.23. The minimum absolute atomic E-state index is 0.130. The summed E-state index contributed by atoms with van der Waals surface area (Å²) in [6.45, 7) is 5.13. The number of halogens is 2. The van der Waals surface area contributed by atoms with Gasteiger partial charge in [-0.3, -0.25) is 4.79 Å². The highest BCUT2D eigenvalue weighted by atomic mass is 79.9. The van der Waals surface area contributed by atoms with Gasteiger partial charge in [-0.05, 0) is 54.9 Å². The minimum Gasteiger partial charge on any atom is -0.444 e. The van der Waals surface area contributed by atoms with E-state index in [1.165, 1.54) is 0 Å². The molecule has 0 bridgehead atoms. The Morgan fingerprint density at radius 1 is 1.37 bits per heavy atom. The van der Waals surface area contributed by atoms with Gasteiger partial charge in [0.1, 0.15) is 5.60 Å². The summed E-state index contributed by atoms with van der Waals surface area (Å²) in [5, 5.41) is 2.95. The molecule has 0 aliphatic heterocycles. The van der Waals surface area contributed by atoms with E-state index in [0.29, 0.717) is 15.1 Å². The molecular formula is C13H15BrClNO3. The zero-order valence-electron chi connectivity index (χ0n) is 10.9. The third-order valence-electron chi connectivity index (χ3n) is 2.02. The molecule has 1 aromatic carbocycles. The molecular weight excluding hydrogens is 334 g/mol. The van der Waals surface area contributed by atoms with Gasteiger partial charge >= 0.3 is 6.09 Å². The van der Waals surface area contributed by atoms with Crippen LogP contribution < -0.4 is 5.32 Å². The fraction of sp³-hybridized carbons (Fsp3) is 0.385. The van der Waals surface area contributed by atoms with Crippen molar-refractivity contribution in [2.75, 3.05) is 6.54 Å². The van der Waals surface area contributed by atoms with Gasteiger partial charge in [0.25, 0.3) is 0 Å². The number of ether oxygens (including phenoxy) is 1. The van der Waals surface area contributed by atoms with Gasteiger partial charge in [-0.1, -0.05) is 11.6 Å². The molecule has 1 N–H and O–H groups in total. The highest BCUT2D eigenvalue weighted by Crippen LogP contribution is 2.21. The minimum atomic E-state index is -0.620. The van der Waals surface area contributed by atoms with Gasteiger partial charge in [0.15, 0.2) is 5.78 Å². The maximum absolute atomic E-state index is 11.9. The first kappa shape index (κ1) is 16.0. The number of Topliss-reactive ketones (excluding diaryl/α,β-unsaturated/α-hetero) is 1. The molecule has 1 amide bonds. The smallest absolute Gasteiger partial charge is 0.408 e. The van der Waals surface area contributed by atoms with Crippen molar-refractivity contribution < 1.29 is 14.3 Å². The molecule has 0 aliphatic carbocycles. The molecule has 4 nitrogen and oxygen atoms in total. The summed E-state index contributed by atoms with van der Waals surface area (Å²) >= 11 is 9.05. The second kappa shape index (κ2) is 6.39. The lowest BCUT2D eigenvalue weighted by atomic mass is 10.1. The molecule has 0 fully saturated rings. The largest absolute Gasteiger partial charge is 0.444 e. The van der Waals surface area contributed by atoms with Crippen molar-refractivity contribution in [1.29, 1.82) is 0 Å². The van der Waals surface area contributed by atoms with E-state index in [4.69, 9.17) is 16.3 Å². The summed E-state index contributed by atoms with van der Waals surface area (Å²) in [6, 6.07) is 4.85. The maximum atomic E-state index is 11.9. The van der Waals surface area contributed by atoms with E-state index in [1.807, 2.05) is 0 Å². The lowest BCUT2D eigenvalue weighted by Gasteiger charge is -2.19. The molecule has 0 saturated heterocycles. The Morgan fingerprint density at radius 3 is 2.53 bits per heavy atom. The van der Waals surface area contributed by atoms with Crippen molar-refractivity contribution in [3.05, 3.63) is 33.3 Å². The van der Waals surface area contributed by atoms with Crippen LogP contribution in [0.15, 0.2) is 22.7 Å². The van der Waals surface area contributed by atoms with Crippen molar-refractivity contribution in [1.82, 2.24) is 5.32 Å². The summed E-state index contributed by atoms with van der Waals surface area (Å²) in [6.07, 6.45) is -0.620. The Morgan fingerprint density at radius 2 is 2.00 bits per heavy atom. The van der Waals surface area contributed by atoms with Gasteiger partial charge in [0.05, 0.1) is 6.54 Å². The summed E-state index contributed by atoms with van der Waals surface area (Å²) in [7, 11) is 0. The van der Waals surface area contributed by atoms with E-state index in [9.17, 15) is 9.59 Å². The van der Waals surface area contributed by atoms with Crippen LogP contribution in [0.5, 0.6) is 0 Å². The van der Waals surface area contributed by atoms with Crippen molar-refractivity contribution >= 4 is 39.4 Å². The number of alkyl carbamates (subject to hydrolysis) is 1. The van der Waals surface area contributed by atoms with E-state index >= 15 is 0 Å². The topological polar surface area (TPSA) is 55.4 Å². The molecule has 0 aromatic heterocycles. The molecule has 0 heterocycles. The van der Waals surface area contributed by atoms with Crippen LogP contribution in [0.1, 0.15) is 31.1 Å². The molecule has 19 heavy (non-hydrogen) atoms. The van der Waals surface area contributed by atoms with Crippen molar-refractivity contribution in [2.45, 2.75) is 26.4 Å². The van der Waals surface area contributed by atoms with E-state index < -0.39 is 11.7 Å². The Hall–Kier alpha value is -1.07. The Bertz CT molecular complexity index is 497. The van der Waals surface area contributed by atoms with Gasteiger partial charge in [0.2, 0.25) is 0 Å². The van der Waals surface area contributed by atoms with Crippen molar-refractivity contribution in [2.24, 2.45) is 0 Å². The fourth-order valence-electron chi connectivity index (χ4n) is 1.28. The SMILES string of the molecule is CC(C)(C)OC(=O)NCC(=O)c1ccc(Cl)cc1Br. The Kier molecular flexibility index (Phi) is 5.38. The number of benzene rings is 1. The van der Waals surface area contributed by atoms with E-state index in [2.05, 4.69) is 21.2 Å². The molecule has 1 aromatic rings. The maximum Gasteiger partial charge on any atom is 0.408 e. The first-order valence-corrected chi connectivity index (χ1v) is 6.81. The van der Waals surface area contributed by atoms with E-state index in [-0.39, 0.29) is 12.3 Å². The van der Waals surface area contributed by atoms with Gasteiger partial charge < -0.3 is 10.1 Å². The monoisotopic (exact) mass is 347 g/mol. The quantitative estimate of drug-likeness (QED) is 0.845. The molecule has 0 unspecified atom stereocenters. The number of hydrogen-bond acceptors (Lipinski definition) is 3.